The van der Waals surface area contributed by atoms with Crippen molar-refractivity contribution in [2.24, 2.45) is 0 Å². The molecule has 0 spiro atoms. The topological polar surface area (TPSA) is 22.4 Å². The van der Waals surface area contributed by atoms with Gasteiger partial charge in [0, 0.05) is 6.42 Å². The summed E-state index contributed by atoms with van der Waals surface area (Å²) in [4.78, 5) is 0. The van der Waals surface area contributed by atoms with Crippen LogP contribution in [0.1, 0.15) is 16.9 Å². The van der Waals surface area contributed by atoms with E-state index in [1.54, 1.807) is 13.4 Å². The Morgan fingerprint density at radius 3 is 2.80 bits per heavy atom. The zero-order valence-electron chi connectivity index (χ0n) is 8.99. The smallest absolute Gasteiger partial charge is 0.119 e. The van der Waals surface area contributed by atoms with E-state index < -0.39 is 0 Å². The van der Waals surface area contributed by atoms with Gasteiger partial charge in [0.1, 0.15) is 11.5 Å². The SMILES string of the molecule is COc1cccc(Cc2cc(C)co2)c1. The first kappa shape index (κ1) is 9.84. The number of aryl methyl sites for hydroxylation is 1. The molecule has 15 heavy (non-hydrogen) atoms. The lowest BCUT2D eigenvalue weighted by molar-refractivity contribution is 0.414. The Morgan fingerprint density at radius 1 is 1.27 bits per heavy atom. The van der Waals surface area contributed by atoms with Crippen molar-refractivity contribution in [3.05, 3.63) is 53.5 Å². The number of furan rings is 1. The van der Waals surface area contributed by atoms with E-state index in [2.05, 4.69) is 12.1 Å². The van der Waals surface area contributed by atoms with Gasteiger partial charge in [0.15, 0.2) is 0 Å². The molecule has 0 fully saturated rings. The summed E-state index contributed by atoms with van der Waals surface area (Å²) in [5.41, 5.74) is 2.36. The van der Waals surface area contributed by atoms with Gasteiger partial charge in [-0.25, -0.2) is 0 Å². The highest BCUT2D eigenvalue weighted by Gasteiger charge is 2.01. The predicted octanol–water partition coefficient (Wildman–Crippen LogP) is 3.19. The minimum absolute atomic E-state index is 0.811. The Bertz CT molecular complexity index is 443. The van der Waals surface area contributed by atoms with Crippen LogP contribution in [0.3, 0.4) is 0 Å². The highest BCUT2D eigenvalue weighted by molar-refractivity contribution is 5.31. The van der Waals surface area contributed by atoms with E-state index in [0.29, 0.717) is 0 Å². The fourth-order valence-electron chi connectivity index (χ4n) is 1.57. The van der Waals surface area contributed by atoms with Crippen LogP contribution in [0, 0.1) is 6.92 Å². The Morgan fingerprint density at radius 2 is 2.13 bits per heavy atom. The van der Waals surface area contributed by atoms with Crippen LogP contribution in [-0.4, -0.2) is 7.11 Å². The summed E-state index contributed by atoms with van der Waals surface area (Å²) in [5.74, 6) is 1.87. The second-order valence-electron chi connectivity index (χ2n) is 3.62. The second kappa shape index (κ2) is 4.22. The van der Waals surface area contributed by atoms with Crippen molar-refractivity contribution in [3.63, 3.8) is 0 Å². The summed E-state index contributed by atoms with van der Waals surface area (Å²) in [6, 6.07) is 10.1. The Balaban J connectivity index is 2.16. The van der Waals surface area contributed by atoms with Crippen LogP contribution in [0.4, 0.5) is 0 Å². The highest BCUT2D eigenvalue weighted by atomic mass is 16.5. The van der Waals surface area contributed by atoms with E-state index in [-0.39, 0.29) is 0 Å². The normalized spacial score (nSPS) is 10.3. The Hall–Kier alpha value is -1.70. The molecule has 2 aromatic rings. The van der Waals surface area contributed by atoms with Crippen LogP contribution in [0.25, 0.3) is 0 Å². The Labute approximate surface area is 89.5 Å². The van der Waals surface area contributed by atoms with Gasteiger partial charge in [-0.05, 0) is 36.2 Å². The molecule has 0 unspecified atom stereocenters. The van der Waals surface area contributed by atoms with Crippen LogP contribution in [0.2, 0.25) is 0 Å². The predicted molar refractivity (Wildman–Crippen MR) is 59.2 cm³/mol. The lowest BCUT2D eigenvalue weighted by atomic mass is 10.1. The van der Waals surface area contributed by atoms with Gasteiger partial charge in [0.05, 0.1) is 13.4 Å². The third-order valence-electron chi connectivity index (χ3n) is 2.30. The van der Waals surface area contributed by atoms with Crippen molar-refractivity contribution >= 4 is 0 Å². The molecule has 1 heterocycles. The standard InChI is InChI=1S/C13H14O2/c1-10-6-13(15-9-10)8-11-4-3-5-12(7-11)14-2/h3-7,9H,8H2,1-2H3. The molecule has 0 amide bonds. The minimum Gasteiger partial charge on any atom is -0.497 e. The number of hydrogen-bond acceptors (Lipinski definition) is 2. The van der Waals surface area contributed by atoms with Gasteiger partial charge in [-0.1, -0.05) is 12.1 Å². The van der Waals surface area contributed by atoms with Crippen molar-refractivity contribution in [1.82, 2.24) is 0 Å². The molecule has 1 aromatic carbocycles. The van der Waals surface area contributed by atoms with Gasteiger partial charge >= 0.3 is 0 Å². The fraction of sp³-hybridized carbons (Fsp3) is 0.231. The van der Waals surface area contributed by atoms with Crippen LogP contribution in [-0.2, 0) is 6.42 Å². The molecule has 2 rings (SSSR count). The lowest BCUT2D eigenvalue weighted by Crippen LogP contribution is -1.88. The third-order valence-corrected chi connectivity index (χ3v) is 2.30. The van der Waals surface area contributed by atoms with Crippen molar-refractivity contribution in [2.45, 2.75) is 13.3 Å². The molecule has 0 saturated carbocycles. The van der Waals surface area contributed by atoms with E-state index >= 15 is 0 Å². The van der Waals surface area contributed by atoms with Crippen molar-refractivity contribution in [3.8, 4) is 5.75 Å². The van der Waals surface area contributed by atoms with Gasteiger partial charge < -0.3 is 9.15 Å². The quantitative estimate of drug-likeness (QED) is 0.762. The first-order valence-electron chi connectivity index (χ1n) is 4.95. The van der Waals surface area contributed by atoms with Gasteiger partial charge in [0.2, 0.25) is 0 Å². The first-order chi connectivity index (χ1) is 7.28. The molecular weight excluding hydrogens is 188 g/mol. The number of hydrogen-bond donors (Lipinski definition) is 0. The van der Waals surface area contributed by atoms with Crippen molar-refractivity contribution in [2.75, 3.05) is 7.11 Å². The molecule has 1 aromatic heterocycles. The lowest BCUT2D eigenvalue weighted by Gasteiger charge is -2.02. The molecule has 0 aliphatic carbocycles. The summed E-state index contributed by atoms with van der Waals surface area (Å²) in [5, 5.41) is 0. The second-order valence-corrected chi connectivity index (χ2v) is 3.62. The summed E-state index contributed by atoms with van der Waals surface area (Å²) >= 11 is 0. The molecule has 2 nitrogen and oxygen atoms in total. The Kier molecular flexibility index (Phi) is 2.77. The van der Waals surface area contributed by atoms with Gasteiger partial charge in [0.25, 0.3) is 0 Å². The molecule has 0 bridgehead atoms. The van der Waals surface area contributed by atoms with E-state index in [0.717, 1.165) is 23.5 Å². The molecule has 2 heteroatoms. The molecule has 0 radical (unpaired) electrons. The summed E-state index contributed by atoms with van der Waals surface area (Å²) in [6.07, 6.45) is 2.58. The molecule has 0 N–H and O–H groups in total. The maximum Gasteiger partial charge on any atom is 0.119 e. The monoisotopic (exact) mass is 202 g/mol. The zero-order valence-corrected chi connectivity index (χ0v) is 8.99. The van der Waals surface area contributed by atoms with Crippen LogP contribution in [0.15, 0.2) is 41.0 Å². The maximum atomic E-state index is 5.40. The highest BCUT2D eigenvalue weighted by Crippen LogP contribution is 2.17. The van der Waals surface area contributed by atoms with E-state index in [1.165, 1.54) is 5.56 Å². The molecule has 78 valence electrons. The van der Waals surface area contributed by atoms with Crippen molar-refractivity contribution < 1.29 is 9.15 Å². The van der Waals surface area contributed by atoms with Crippen LogP contribution >= 0.6 is 0 Å². The molecule has 0 atom stereocenters. The van der Waals surface area contributed by atoms with E-state index in [9.17, 15) is 0 Å². The van der Waals surface area contributed by atoms with E-state index in [4.69, 9.17) is 9.15 Å². The average Bonchev–Trinajstić information content (AvgIpc) is 2.64. The van der Waals surface area contributed by atoms with Gasteiger partial charge in [-0.3, -0.25) is 0 Å². The molecular formula is C13H14O2. The fourth-order valence-corrected chi connectivity index (χ4v) is 1.57. The molecule has 0 aliphatic rings. The van der Waals surface area contributed by atoms with Gasteiger partial charge in [-0.15, -0.1) is 0 Å². The summed E-state index contributed by atoms with van der Waals surface area (Å²) in [7, 11) is 1.68. The van der Waals surface area contributed by atoms with Gasteiger partial charge in [-0.2, -0.15) is 0 Å². The van der Waals surface area contributed by atoms with Crippen molar-refractivity contribution in [1.29, 1.82) is 0 Å². The average molecular weight is 202 g/mol. The van der Waals surface area contributed by atoms with Crippen LogP contribution in [0.5, 0.6) is 5.75 Å². The maximum absolute atomic E-state index is 5.40. The molecule has 0 saturated heterocycles. The number of rotatable bonds is 3. The molecule has 0 aliphatic heterocycles. The van der Waals surface area contributed by atoms with E-state index in [1.807, 2.05) is 25.1 Å². The zero-order chi connectivity index (χ0) is 10.7. The largest absolute Gasteiger partial charge is 0.497 e. The number of methoxy groups -OCH3 is 1. The summed E-state index contributed by atoms with van der Waals surface area (Å²) < 4.78 is 10.6. The minimum atomic E-state index is 0.811. The van der Waals surface area contributed by atoms with Crippen LogP contribution < -0.4 is 4.74 Å². The first-order valence-corrected chi connectivity index (χ1v) is 4.95. The number of benzene rings is 1. The third kappa shape index (κ3) is 2.40. The number of ether oxygens (including phenoxy) is 1. The summed E-state index contributed by atoms with van der Waals surface area (Å²) in [6.45, 7) is 2.03.